The average Bonchev–Trinajstić information content (AvgIpc) is 2.69. The topological polar surface area (TPSA) is 78.9 Å². The molecule has 0 saturated carbocycles. The molecular formula is C9H12N2O4S. The number of benzene rings is 1. The van der Waals surface area contributed by atoms with Crippen molar-refractivity contribution in [2.75, 3.05) is 18.1 Å². The van der Waals surface area contributed by atoms with Gasteiger partial charge in [-0.1, -0.05) is 12.1 Å². The second-order valence-corrected chi connectivity index (χ2v) is 4.41. The second kappa shape index (κ2) is 4.28. The molecule has 1 aromatic carbocycles. The van der Waals surface area contributed by atoms with E-state index in [0.717, 1.165) is 19.5 Å². The van der Waals surface area contributed by atoms with Crippen molar-refractivity contribution in [3.05, 3.63) is 24.3 Å². The first-order valence-corrected chi connectivity index (χ1v) is 6.20. The van der Waals surface area contributed by atoms with Crippen molar-refractivity contribution in [3.63, 3.8) is 0 Å². The summed E-state index contributed by atoms with van der Waals surface area (Å²) in [7, 11) is -4.48. The van der Waals surface area contributed by atoms with Crippen LogP contribution in [0.4, 0.5) is 5.69 Å². The molecule has 0 spiro atoms. The molecule has 7 heteroatoms. The third-order valence-electron chi connectivity index (χ3n) is 2.21. The Hall–Kier alpha value is -1.31. The molecule has 2 rings (SSSR count). The molecule has 0 atom stereocenters. The van der Waals surface area contributed by atoms with Gasteiger partial charge in [-0.3, -0.25) is 4.55 Å². The summed E-state index contributed by atoms with van der Waals surface area (Å²) in [4.78, 5) is 0. The number of hydrazine groups is 1. The van der Waals surface area contributed by atoms with Crippen LogP contribution in [0.1, 0.15) is 6.42 Å². The lowest BCUT2D eigenvalue weighted by Gasteiger charge is -2.19. The van der Waals surface area contributed by atoms with Crippen molar-refractivity contribution in [2.45, 2.75) is 6.42 Å². The molecule has 0 amide bonds. The number of hydrogen-bond acceptors (Lipinski definition) is 5. The Bertz CT molecular complexity index is 468. The van der Waals surface area contributed by atoms with Crippen LogP contribution in [0.15, 0.2) is 24.3 Å². The maximum absolute atomic E-state index is 10.7. The Morgan fingerprint density at radius 2 is 2.12 bits per heavy atom. The molecule has 0 aliphatic carbocycles. The average molecular weight is 244 g/mol. The molecule has 1 aliphatic rings. The highest BCUT2D eigenvalue weighted by atomic mass is 32.3. The van der Waals surface area contributed by atoms with Gasteiger partial charge in [-0.05, 0) is 18.6 Å². The lowest BCUT2D eigenvalue weighted by molar-refractivity contribution is 0.386. The van der Waals surface area contributed by atoms with Crippen molar-refractivity contribution in [1.29, 1.82) is 0 Å². The fraction of sp³-hybridized carbons (Fsp3) is 0.333. The molecule has 88 valence electrons. The Morgan fingerprint density at radius 3 is 2.75 bits per heavy atom. The van der Waals surface area contributed by atoms with E-state index in [1.807, 2.05) is 0 Å². The molecule has 1 saturated heterocycles. The van der Waals surface area contributed by atoms with Crippen LogP contribution in [-0.4, -0.2) is 26.1 Å². The summed E-state index contributed by atoms with van der Waals surface area (Å²) in [5.74, 6) is 0.111. The van der Waals surface area contributed by atoms with Crippen molar-refractivity contribution >= 4 is 16.1 Å². The van der Waals surface area contributed by atoms with Crippen LogP contribution in [-0.2, 0) is 10.4 Å². The van der Waals surface area contributed by atoms with Gasteiger partial charge in [0.1, 0.15) is 0 Å². The summed E-state index contributed by atoms with van der Waals surface area (Å²) in [6.07, 6.45) is 0.972. The van der Waals surface area contributed by atoms with Crippen LogP contribution in [0, 0.1) is 0 Å². The zero-order valence-corrected chi connectivity index (χ0v) is 9.27. The van der Waals surface area contributed by atoms with E-state index in [1.54, 1.807) is 23.2 Å². The normalized spacial score (nSPS) is 16.4. The number of para-hydroxylation sites is 2. The van der Waals surface area contributed by atoms with Crippen LogP contribution in [0.3, 0.4) is 0 Å². The minimum absolute atomic E-state index is 0.111. The fourth-order valence-electron chi connectivity index (χ4n) is 1.60. The summed E-state index contributed by atoms with van der Waals surface area (Å²) >= 11 is 0. The number of nitrogens with one attached hydrogen (secondary N) is 1. The summed E-state index contributed by atoms with van der Waals surface area (Å²) in [6.45, 7) is 1.60. The van der Waals surface area contributed by atoms with Gasteiger partial charge in [0, 0.05) is 13.1 Å². The van der Waals surface area contributed by atoms with Crippen molar-refractivity contribution in [3.8, 4) is 5.75 Å². The summed E-state index contributed by atoms with van der Waals surface area (Å²) < 4.78 is 34.5. The quantitative estimate of drug-likeness (QED) is 0.757. The second-order valence-electron chi connectivity index (χ2n) is 3.39. The molecule has 1 aliphatic heterocycles. The van der Waals surface area contributed by atoms with E-state index < -0.39 is 10.4 Å². The van der Waals surface area contributed by atoms with E-state index in [2.05, 4.69) is 9.61 Å². The standard InChI is InChI=1S/C9H12N2O4S/c12-16(13,14)15-9-5-2-1-4-8(9)11-7-3-6-10-11/h1-2,4-5,10H,3,6-7H2,(H,12,13,14). The number of hydrogen-bond donors (Lipinski definition) is 2. The Balaban J connectivity index is 2.30. The number of anilines is 1. The molecule has 2 N–H and O–H groups in total. The lowest BCUT2D eigenvalue weighted by Crippen LogP contribution is -2.31. The Kier molecular flexibility index (Phi) is 2.99. The van der Waals surface area contributed by atoms with Crippen LogP contribution < -0.4 is 14.6 Å². The van der Waals surface area contributed by atoms with Gasteiger partial charge in [-0.15, -0.1) is 0 Å². The van der Waals surface area contributed by atoms with Crippen molar-refractivity contribution in [2.24, 2.45) is 0 Å². The molecular weight excluding hydrogens is 232 g/mol. The van der Waals surface area contributed by atoms with Crippen LogP contribution in [0.2, 0.25) is 0 Å². The maximum atomic E-state index is 10.7. The van der Waals surface area contributed by atoms with E-state index in [9.17, 15) is 8.42 Å². The highest BCUT2D eigenvalue weighted by molar-refractivity contribution is 7.81. The summed E-state index contributed by atoms with van der Waals surface area (Å²) in [5.41, 5.74) is 3.67. The minimum Gasteiger partial charge on any atom is -0.360 e. The zero-order valence-electron chi connectivity index (χ0n) is 8.46. The highest BCUT2D eigenvalue weighted by Gasteiger charge is 2.18. The third kappa shape index (κ3) is 2.63. The van der Waals surface area contributed by atoms with Gasteiger partial charge < -0.3 is 9.19 Å². The molecule has 1 aromatic rings. The zero-order chi connectivity index (χ0) is 11.6. The first kappa shape index (κ1) is 11.2. The number of rotatable bonds is 3. The van der Waals surface area contributed by atoms with Gasteiger partial charge in [0.15, 0.2) is 5.75 Å². The maximum Gasteiger partial charge on any atom is 0.446 e. The van der Waals surface area contributed by atoms with E-state index in [4.69, 9.17) is 4.55 Å². The minimum atomic E-state index is -4.48. The van der Waals surface area contributed by atoms with E-state index in [-0.39, 0.29) is 5.75 Å². The fourth-order valence-corrected chi connectivity index (χ4v) is 1.97. The Morgan fingerprint density at radius 1 is 1.38 bits per heavy atom. The van der Waals surface area contributed by atoms with Crippen molar-refractivity contribution in [1.82, 2.24) is 5.43 Å². The Labute approximate surface area is 93.8 Å². The molecule has 0 unspecified atom stereocenters. The molecule has 16 heavy (non-hydrogen) atoms. The summed E-state index contributed by atoms with van der Waals surface area (Å²) in [6, 6.07) is 6.62. The first-order chi connectivity index (χ1) is 7.56. The monoisotopic (exact) mass is 244 g/mol. The lowest BCUT2D eigenvalue weighted by atomic mass is 10.3. The van der Waals surface area contributed by atoms with E-state index in [1.165, 1.54) is 6.07 Å². The highest BCUT2D eigenvalue weighted by Crippen LogP contribution is 2.28. The van der Waals surface area contributed by atoms with E-state index >= 15 is 0 Å². The molecule has 6 nitrogen and oxygen atoms in total. The largest absolute Gasteiger partial charge is 0.446 e. The molecule has 1 fully saturated rings. The van der Waals surface area contributed by atoms with Gasteiger partial charge in [0.05, 0.1) is 5.69 Å². The van der Waals surface area contributed by atoms with Crippen LogP contribution in [0.5, 0.6) is 5.75 Å². The van der Waals surface area contributed by atoms with Gasteiger partial charge in [0.2, 0.25) is 0 Å². The SMILES string of the molecule is O=S(=O)(O)Oc1ccccc1N1CCCN1. The number of nitrogens with zero attached hydrogens (tertiary/aromatic N) is 1. The van der Waals surface area contributed by atoms with Gasteiger partial charge >= 0.3 is 10.4 Å². The third-order valence-corrected chi connectivity index (χ3v) is 2.60. The van der Waals surface area contributed by atoms with Crippen LogP contribution in [0.25, 0.3) is 0 Å². The van der Waals surface area contributed by atoms with E-state index in [0.29, 0.717) is 5.69 Å². The molecule has 0 radical (unpaired) electrons. The summed E-state index contributed by atoms with van der Waals surface area (Å²) in [5, 5.41) is 1.79. The molecule has 0 bridgehead atoms. The predicted octanol–water partition coefficient (Wildman–Crippen LogP) is 0.583. The first-order valence-electron chi connectivity index (χ1n) is 4.83. The van der Waals surface area contributed by atoms with Crippen LogP contribution >= 0.6 is 0 Å². The molecule has 1 heterocycles. The van der Waals surface area contributed by atoms with Gasteiger partial charge in [0.25, 0.3) is 0 Å². The van der Waals surface area contributed by atoms with Crippen molar-refractivity contribution < 1.29 is 17.2 Å². The molecule has 0 aromatic heterocycles. The van der Waals surface area contributed by atoms with Gasteiger partial charge in [-0.25, -0.2) is 5.43 Å². The van der Waals surface area contributed by atoms with Gasteiger partial charge in [-0.2, -0.15) is 8.42 Å². The predicted molar refractivity (Wildman–Crippen MR) is 58.6 cm³/mol. The smallest absolute Gasteiger partial charge is 0.360 e.